The third kappa shape index (κ3) is 3.54. The van der Waals surface area contributed by atoms with Crippen molar-refractivity contribution in [2.75, 3.05) is 19.0 Å². The highest BCUT2D eigenvalue weighted by Gasteiger charge is 2.29. The Balaban J connectivity index is 2.38. The Morgan fingerprint density at radius 3 is 2.71 bits per heavy atom. The van der Waals surface area contributed by atoms with Gasteiger partial charge in [-0.05, 0) is 37.3 Å². The minimum absolute atomic E-state index is 0.252. The normalized spacial score (nSPS) is 13.6. The SMILES string of the molecule is COc1cccc(NC(C)(CO)c2cc(Br)ccc2F)c1. The molecule has 2 rings (SSSR count). The number of aliphatic hydroxyl groups is 1. The summed E-state index contributed by atoms with van der Waals surface area (Å²) >= 11 is 3.33. The molecule has 0 amide bonds. The Morgan fingerprint density at radius 1 is 1.29 bits per heavy atom. The molecule has 0 heterocycles. The molecule has 0 radical (unpaired) electrons. The van der Waals surface area contributed by atoms with E-state index in [9.17, 15) is 9.50 Å². The molecule has 3 nitrogen and oxygen atoms in total. The molecule has 5 heteroatoms. The zero-order valence-corrected chi connectivity index (χ0v) is 13.4. The topological polar surface area (TPSA) is 41.5 Å². The van der Waals surface area contributed by atoms with E-state index in [1.165, 1.54) is 6.07 Å². The molecule has 1 unspecified atom stereocenters. The summed E-state index contributed by atoms with van der Waals surface area (Å²) in [6.45, 7) is 1.49. The largest absolute Gasteiger partial charge is 0.497 e. The molecular formula is C16H17BrFNO2. The van der Waals surface area contributed by atoms with Crippen molar-refractivity contribution in [2.24, 2.45) is 0 Å². The lowest BCUT2D eigenvalue weighted by molar-refractivity contribution is 0.220. The molecule has 0 aromatic heterocycles. The van der Waals surface area contributed by atoms with Crippen molar-refractivity contribution < 1.29 is 14.2 Å². The van der Waals surface area contributed by atoms with Crippen molar-refractivity contribution in [1.82, 2.24) is 0 Å². The van der Waals surface area contributed by atoms with Gasteiger partial charge in [0.25, 0.3) is 0 Å². The minimum atomic E-state index is -0.944. The van der Waals surface area contributed by atoms with Crippen LogP contribution in [-0.2, 0) is 5.54 Å². The maximum absolute atomic E-state index is 14.1. The highest BCUT2D eigenvalue weighted by Crippen LogP contribution is 2.31. The number of hydrogen-bond acceptors (Lipinski definition) is 3. The summed E-state index contributed by atoms with van der Waals surface area (Å²) < 4.78 is 20.0. The summed E-state index contributed by atoms with van der Waals surface area (Å²) in [7, 11) is 1.58. The van der Waals surface area contributed by atoms with Crippen LogP contribution in [0, 0.1) is 5.82 Å². The summed E-state index contributed by atoms with van der Waals surface area (Å²) in [5.74, 6) is 0.320. The number of benzene rings is 2. The van der Waals surface area contributed by atoms with E-state index in [0.717, 1.165) is 10.2 Å². The lowest BCUT2D eigenvalue weighted by atomic mass is 9.92. The molecule has 2 N–H and O–H groups in total. The summed E-state index contributed by atoms with van der Waals surface area (Å²) in [6.07, 6.45) is 0. The number of halogens is 2. The Bertz CT molecular complexity index is 635. The molecule has 0 aliphatic rings. The second-order valence-corrected chi connectivity index (χ2v) is 5.89. The van der Waals surface area contributed by atoms with E-state index in [2.05, 4.69) is 21.2 Å². The monoisotopic (exact) mass is 353 g/mol. The third-order valence-electron chi connectivity index (χ3n) is 3.33. The van der Waals surface area contributed by atoms with E-state index in [1.807, 2.05) is 18.2 Å². The summed E-state index contributed by atoms with van der Waals surface area (Å²) in [5.41, 5.74) is 0.188. The molecule has 0 spiro atoms. The number of hydrogen-bond donors (Lipinski definition) is 2. The van der Waals surface area contributed by atoms with Gasteiger partial charge in [-0.25, -0.2) is 4.39 Å². The lowest BCUT2D eigenvalue weighted by Gasteiger charge is -2.31. The average Bonchev–Trinajstić information content (AvgIpc) is 2.49. The molecule has 2 aromatic carbocycles. The summed E-state index contributed by atoms with van der Waals surface area (Å²) in [6, 6.07) is 12.0. The highest BCUT2D eigenvalue weighted by molar-refractivity contribution is 9.10. The molecule has 0 fully saturated rings. The van der Waals surface area contributed by atoms with Gasteiger partial charge in [-0.15, -0.1) is 0 Å². The van der Waals surface area contributed by atoms with Gasteiger partial charge in [0.2, 0.25) is 0 Å². The fourth-order valence-electron chi connectivity index (χ4n) is 2.13. The van der Waals surface area contributed by atoms with E-state index in [-0.39, 0.29) is 12.4 Å². The van der Waals surface area contributed by atoms with Crippen LogP contribution in [0.4, 0.5) is 10.1 Å². The Labute approximate surface area is 131 Å². The minimum Gasteiger partial charge on any atom is -0.497 e. The van der Waals surface area contributed by atoms with Gasteiger partial charge < -0.3 is 15.2 Å². The first kappa shape index (κ1) is 15.8. The van der Waals surface area contributed by atoms with Crippen LogP contribution in [0.5, 0.6) is 5.75 Å². The maximum atomic E-state index is 14.1. The van der Waals surface area contributed by atoms with Crippen molar-refractivity contribution in [3.8, 4) is 5.75 Å². The number of rotatable bonds is 5. The van der Waals surface area contributed by atoms with Crippen LogP contribution in [0.15, 0.2) is 46.9 Å². The molecule has 0 bridgehead atoms. The molecule has 1 atom stereocenters. The first-order valence-corrected chi connectivity index (χ1v) is 7.26. The van der Waals surface area contributed by atoms with Crippen LogP contribution in [0.3, 0.4) is 0 Å². The molecule has 0 aliphatic heterocycles. The molecule has 112 valence electrons. The van der Waals surface area contributed by atoms with Gasteiger partial charge in [0, 0.05) is 21.8 Å². The van der Waals surface area contributed by atoms with Crippen molar-refractivity contribution in [1.29, 1.82) is 0 Å². The van der Waals surface area contributed by atoms with Crippen molar-refractivity contribution >= 4 is 21.6 Å². The fourth-order valence-corrected chi connectivity index (χ4v) is 2.49. The number of anilines is 1. The van der Waals surface area contributed by atoms with Gasteiger partial charge in [0.05, 0.1) is 19.3 Å². The molecule has 0 saturated heterocycles. The lowest BCUT2D eigenvalue weighted by Crippen LogP contribution is -2.36. The van der Waals surface area contributed by atoms with E-state index in [0.29, 0.717) is 11.3 Å². The van der Waals surface area contributed by atoms with Gasteiger partial charge >= 0.3 is 0 Å². The molecule has 0 aliphatic carbocycles. The first-order chi connectivity index (χ1) is 9.98. The Kier molecular flexibility index (Phi) is 4.85. The Morgan fingerprint density at radius 2 is 2.05 bits per heavy atom. The van der Waals surface area contributed by atoms with Crippen LogP contribution < -0.4 is 10.1 Å². The molecule has 21 heavy (non-hydrogen) atoms. The van der Waals surface area contributed by atoms with E-state index in [4.69, 9.17) is 4.74 Å². The number of aliphatic hydroxyl groups excluding tert-OH is 1. The van der Waals surface area contributed by atoms with Crippen molar-refractivity contribution in [3.63, 3.8) is 0 Å². The van der Waals surface area contributed by atoms with E-state index >= 15 is 0 Å². The standard InChI is InChI=1S/C16H17BrFNO2/c1-16(10-20,14-8-11(17)6-7-15(14)18)19-12-4-3-5-13(9-12)21-2/h3-9,19-20H,10H2,1-2H3. The van der Waals surface area contributed by atoms with Crippen LogP contribution in [0.1, 0.15) is 12.5 Å². The van der Waals surface area contributed by atoms with Gasteiger partial charge in [0.1, 0.15) is 11.6 Å². The number of ether oxygens (including phenoxy) is 1. The molecule has 2 aromatic rings. The Hall–Kier alpha value is -1.59. The van der Waals surface area contributed by atoms with Gasteiger partial charge in [-0.2, -0.15) is 0 Å². The van der Waals surface area contributed by atoms with E-state index in [1.54, 1.807) is 32.2 Å². The van der Waals surface area contributed by atoms with Crippen LogP contribution in [-0.4, -0.2) is 18.8 Å². The third-order valence-corrected chi connectivity index (χ3v) is 3.82. The zero-order valence-electron chi connectivity index (χ0n) is 11.9. The first-order valence-electron chi connectivity index (χ1n) is 6.47. The molecular weight excluding hydrogens is 337 g/mol. The smallest absolute Gasteiger partial charge is 0.128 e. The molecule has 0 saturated carbocycles. The van der Waals surface area contributed by atoms with Gasteiger partial charge in [-0.1, -0.05) is 22.0 Å². The fraction of sp³-hybridized carbons (Fsp3) is 0.250. The van der Waals surface area contributed by atoms with Crippen molar-refractivity contribution in [2.45, 2.75) is 12.5 Å². The highest BCUT2D eigenvalue weighted by atomic mass is 79.9. The van der Waals surface area contributed by atoms with Crippen LogP contribution in [0.25, 0.3) is 0 Å². The number of methoxy groups -OCH3 is 1. The summed E-state index contributed by atoms with van der Waals surface area (Å²) in [4.78, 5) is 0. The predicted molar refractivity (Wildman–Crippen MR) is 85.2 cm³/mol. The quantitative estimate of drug-likeness (QED) is 0.855. The van der Waals surface area contributed by atoms with E-state index < -0.39 is 5.54 Å². The van der Waals surface area contributed by atoms with Crippen LogP contribution in [0.2, 0.25) is 0 Å². The van der Waals surface area contributed by atoms with Crippen molar-refractivity contribution in [3.05, 3.63) is 58.3 Å². The van der Waals surface area contributed by atoms with Crippen LogP contribution >= 0.6 is 15.9 Å². The summed E-state index contributed by atoms with van der Waals surface area (Å²) in [5, 5.41) is 12.9. The second-order valence-electron chi connectivity index (χ2n) is 4.97. The zero-order chi connectivity index (χ0) is 15.5. The second kappa shape index (κ2) is 6.45. The average molecular weight is 354 g/mol. The van der Waals surface area contributed by atoms with Gasteiger partial charge in [-0.3, -0.25) is 0 Å². The van der Waals surface area contributed by atoms with Gasteiger partial charge in [0.15, 0.2) is 0 Å². The maximum Gasteiger partial charge on any atom is 0.128 e. The number of nitrogens with one attached hydrogen (secondary N) is 1. The predicted octanol–water partition coefficient (Wildman–Crippen LogP) is 3.92.